The summed E-state index contributed by atoms with van der Waals surface area (Å²) in [7, 11) is 0. The van der Waals surface area contributed by atoms with E-state index in [0.29, 0.717) is 27.4 Å². The van der Waals surface area contributed by atoms with Gasteiger partial charge < -0.3 is 4.90 Å². The second-order valence-corrected chi connectivity index (χ2v) is 6.92. The van der Waals surface area contributed by atoms with Gasteiger partial charge >= 0.3 is 0 Å². The van der Waals surface area contributed by atoms with Crippen molar-refractivity contribution in [3.05, 3.63) is 75.9 Å². The lowest BCUT2D eigenvalue weighted by atomic mass is 9.83. The van der Waals surface area contributed by atoms with Crippen molar-refractivity contribution in [3.63, 3.8) is 0 Å². The SMILES string of the molecule is O=C1C(c2ccc(Cl)cc2)=C(N2CCCCC2)C(=O)c2ccccc21. The zero-order valence-corrected chi connectivity index (χ0v) is 14.6. The van der Waals surface area contributed by atoms with Crippen molar-refractivity contribution < 1.29 is 9.59 Å². The normalized spacial score (nSPS) is 17.7. The van der Waals surface area contributed by atoms with Gasteiger partial charge in [-0.1, -0.05) is 48.0 Å². The van der Waals surface area contributed by atoms with Crippen LogP contribution in [0.1, 0.15) is 45.5 Å². The molecule has 1 saturated heterocycles. The van der Waals surface area contributed by atoms with E-state index in [1.165, 1.54) is 6.42 Å². The molecule has 0 radical (unpaired) electrons. The van der Waals surface area contributed by atoms with Gasteiger partial charge in [-0.25, -0.2) is 0 Å². The van der Waals surface area contributed by atoms with Crippen LogP contribution in [-0.2, 0) is 0 Å². The van der Waals surface area contributed by atoms with E-state index in [1.807, 2.05) is 18.2 Å². The topological polar surface area (TPSA) is 37.4 Å². The average Bonchev–Trinajstić information content (AvgIpc) is 2.66. The van der Waals surface area contributed by atoms with Crippen LogP contribution < -0.4 is 0 Å². The summed E-state index contributed by atoms with van der Waals surface area (Å²) in [6.45, 7) is 1.63. The number of fused-ring (bicyclic) bond motifs is 1. The van der Waals surface area contributed by atoms with Crippen molar-refractivity contribution >= 4 is 28.7 Å². The number of rotatable bonds is 2. The molecule has 1 aliphatic carbocycles. The minimum Gasteiger partial charge on any atom is -0.368 e. The lowest BCUT2D eigenvalue weighted by Gasteiger charge is -2.34. The number of halogens is 1. The van der Waals surface area contributed by atoms with Gasteiger partial charge in [0.2, 0.25) is 5.78 Å². The summed E-state index contributed by atoms with van der Waals surface area (Å²) < 4.78 is 0. The highest BCUT2D eigenvalue weighted by molar-refractivity contribution is 6.40. The second-order valence-electron chi connectivity index (χ2n) is 6.48. The number of nitrogens with zero attached hydrogens (tertiary/aromatic N) is 1. The molecule has 0 spiro atoms. The third-order valence-corrected chi connectivity index (χ3v) is 5.15. The monoisotopic (exact) mass is 351 g/mol. The number of ketones is 2. The van der Waals surface area contributed by atoms with Crippen molar-refractivity contribution in [2.24, 2.45) is 0 Å². The number of likely N-dealkylation sites (tertiary alicyclic amines) is 1. The van der Waals surface area contributed by atoms with Crippen LogP contribution in [0.5, 0.6) is 0 Å². The Balaban J connectivity index is 1.93. The summed E-state index contributed by atoms with van der Waals surface area (Å²) in [5.74, 6) is -0.139. The molecule has 0 amide bonds. The van der Waals surface area contributed by atoms with Gasteiger partial charge in [0.1, 0.15) is 0 Å². The molecule has 0 aromatic heterocycles. The van der Waals surface area contributed by atoms with E-state index in [1.54, 1.807) is 30.3 Å². The number of allylic oxidation sites excluding steroid dienone is 2. The summed E-state index contributed by atoms with van der Waals surface area (Å²) in [5.41, 5.74) is 2.79. The minimum atomic E-state index is -0.0851. The molecule has 0 bridgehead atoms. The number of hydrogen-bond acceptors (Lipinski definition) is 3. The third kappa shape index (κ3) is 2.79. The van der Waals surface area contributed by atoms with Crippen molar-refractivity contribution in [1.29, 1.82) is 0 Å². The molecule has 1 fully saturated rings. The first-order valence-corrected chi connectivity index (χ1v) is 8.98. The summed E-state index contributed by atoms with van der Waals surface area (Å²) in [6, 6.07) is 14.3. The number of carbonyl (C=O) groups excluding carboxylic acids is 2. The lowest BCUT2D eigenvalue weighted by Crippen LogP contribution is -2.37. The predicted octanol–water partition coefficient (Wildman–Crippen LogP) is 4.62. The zero-order valence-electron chi connectivity index (χ0n) is 13.8. The van der Waals surface area contributed by atoms with Gasteiger partial charge in [0.05, 0.1) is 11.3 Å². The van der Waals surface area contributed by atoms with E-state index in [9.17, 15) is 9.59 Å². The van der Waals surface area contributed by atoms with Gasteiger partial charge in [-0.2, -0.15) is 0 Å². The molecule has 4 rings (SSSR count). The maximum Gasteiger partial charge on any atom is 0.210 e. The van der Waals surface area contributed by atoms with E-state index < -0.39 is 0 Å². The van der Waals surface area contributed by atoms with E-state index in [-0.39, 0.29) is 11.6 Å². The molecule has 0 unspecified atom stereocenters. The van der Waals surface area contributed by atoms with Crippen LogP contribution in [0.4, 0.5) is 0 Å². The van der Waals surface area contributed by atoms with Crippen molar-refractivity contribution in [2.45, 2.75) is 19.3 Å². The van der Waals surface area contributed by atoms with Crippen LogP contribution in [0.25, 0.3) is 5.57 Å². The van der Waals surface area contributed by atoms with Gasteiger partial charge in [-0.05, 0) is 37.0 Å². The Kier molecular flexibility index (Phi) is 4.18. The summed E-state index contributed by atoms with van der Waals surface area (Å²) in [4.78, 5) is 28.6. The molecule has 2 aromatic carbocycles. The molecule has 1 heterocycles. The molecule has 3 nitrogen and oxygen atoms in total. The van der Waals surface area contributed by atoms with Crippen LogP contribution in [0.2, 0.25) is 5.02 Å². The lowest BCUT2D eigenvalue weighted by molar-refractivity contribution is 0.0951. The second kappa shape index (κ2) is 6.49. The number of Topliss-reactive ketones (excluding diaryl/α,β-unsaturated/α-hetero) is 2. The molecule has 0 atom stereocenters. The van der Waals surface area contributed by atoms with Gasteiger partial charge in [0.15, 0.2) is 5.78 Å². The first-order chi connectivity index (χ1) is 12.2. The van der Waals surface area contributed by atoms with Gasteiger partial charge in [-0.15, -0.1) is 0 Å². The fourth-order valence-electron chi connectivity index (χ4n) is 3.67. The number of piperidine rings is 1. The Labute approximate surface area is 151 Å². The molecule has 25 heavy (non-hydrogen) atoms. The average molecular weight is 352 g/mol. The highest BCUT2D eigenvalue weighted by atomic mass is 35.5. The highest BCUT2D eigenvalue weighted by Crippen LogP contribution is 2.35. The summed E-state index contributed by atoms with van der Waals surface area (Å²) in [5, 5.41) is 0.610. The Hall–Kier alpha value is -2.39. The smallest absolute Gasteiger partial charge is 0.210 e. The number of hydrogen-bond donors (Lipinski definition) is 0. The van der Waals surface area contributed by atoms with Crippen molar-refractivity contribution in [3.8, 4) is 0 Å². The summed E-state index contributed by atoms with van der Waals surface area (Å²) >= 11 is 6.00. The van der Waals surface area contributed by atoms with E-state index >= 15 is 0 Å². The molecule has 2 aromatic rings. The first-order valence-electron chi connectivity index (χ1n) is 8.60. The summed E-state index contributed by atoms with van der Waals surface area (Å²) in [6.07, 6.45) is 3.25. The Morgan fingerprint density at radius 1 is 0.760 bits per heavy atom. The fourth-order valence-corrected chi connectivity index (χ4v) is 3.79. The minimum absolute atomic E-state index is 0.0537. The van der Waals surface area contributed by atoms with Crippen LogP contribution in [0.3, 0.4) is 0 Å². The molecule has 0 N–H and O–H groups in total. The standard InChI is InChI=1S/C21H18ClNO2/c22-15-10-8-14(9-11-15)18-19(23-12-4-1-5-13-23)21(25)17-7-3-2-6-16(17)20(18)24/h2-3,6-11H,1,4-5,12-13H2. The van der Waals surface area contributed by atoms with E-state index in [4.69, 9.17) is 11.6 Å². The zero-order chi connectivity index (χ0) is 17.4. The van der Waals surface area contributed by atoms with Gasteiger partial charge in [0.25, 0.3) is 0 Å². The maximum atomic E-state index is 13.2. The van der Waals surface area contributed by atoms with Crippen LogP contribution in [0, 0.1) is 0 Å². The molecular weight excluding hydrogens is 334 g/mol. The number of benzene rings is 2. The van der Waals surface area contributed by atoms with Crippen molar-refractivity contribution in [2.75, 3.05) is 13.1 Å². The maximum absolute atomic E-state index is 13.2. The highest BCUT2D eigenvalue weighted by Gasteiger charge is 2.35. The van der Waals surface area contributed by atoms with E-state index in [2.05, 4.69) is 4.90 Å². The Morgan fingerprint density at radius 3 is 2.00 bits per heavy atom. The molecular formula is C21H18ClNO2. The quantitative estimate of drug-likeness (QED) is 0.792. The largest absolute Gasteiger partial charge is 0.368 e. The van der Waals surface area contributed by atoms with Crippen LogP contribution in [-0.4, -0.2) is 29.6 Å². The van der Waals surface area contributed by atoms with Gasteiger partial charge in [-0.3, -0.25) is 9.59 Å². The van der Waals surface area contributed by atoms with Gasteiger partial charge in [0, 0.05) is 29.2 Å². The molecule has 4 heteroatoms. The number of carbonyl (C=O) groups is 2. The van der Waals surface area contributed by atoms with E-state index in [0.717, 1.165) is 31.5 Å². The Morgan fingerprint density at radius 2 is 1.36 bits per heavy atom. The molecule has 0 saturated carbocycles. The molecule has 2 aliphatic rings. The van der Waals surface area contributed by atoms with Crippen LogP contribution in [0.15, 0.2) is 54.2 Å². The Bertz CT molecular complexity index is 877. The van der Waals surface area contributed by atoms with Crippen molar-refractivity contribution in [1.82, 2.24) is 4.90 Å². The fraction of sp³-hybridized carbons (Fsp3) is 0.238. The third-order valence-electron chi connectivity index (χ3n) is 4.90. The first kappa shape index (κ1) is 16.1. The predicted molar refractivity (Wildman–Crippen MR) is 98.9 cm³/mol. The van der Waals surface area contributed by atoms with Crippen LogP contribution >= 0.6 is 11.6 Å². The molecule has 1 aliphatic heterocycles. The molecule has 126 valence electrons.